The Morgan fingerprint density at radius 3 is 2.72 bits per heavy atom. The van der Waals surface area contributed by atoms with Gasteiger partial charge in [0.2, 0.25) is 5.91 Å². The summed E-state index contributed by atoms with van der Waals surface area (Å²) in [6, 6.07) is 3.91. The van der Waals surface area contributed by atoms with E-state index in [1.165, 1.54) is 0 Å². The Bertz CT molecular complexity index is 505. The first-order valence-electron chi connectivity index (χ1n) is 6.42. The quantitative estimate of drug-likeness (QED) is 0.838. The van der Waals surface area contributed by atoms with E-state index in [-0.39, 0.29) is 11.4 Å². The first-order valence-corrected chi connectivity index (χ1v) is 6.42. The normalized spacial score (nSPS) is 20.7. The van der Waals surface area contributed by atoms with Crippen LogP contribution in [0.5, 0.6) is 5.75 Å². The fraction of sp³-hybridized carbons (Fsp3) is 0.500. The van der Waals surface area contributed by atoms with Crippen molar-refractivity contribution in [1.29, 1.82) is 0 Å². The zero-order valence-electron chi connectivity index (χ0n) is 10.6. The van der Waals surface area contributed by atoms with Gasteiger partial charge in [0, 0.05) is 11.2 Å². The van der Waals surface area contributed by atoms with Gasteiger partial charge in [0.1, 0.15) is 5.75 Å². The topological polar surface area (TPSA) is 64.3 Å². The van der Waals surface area contributed by atoms with E-state index in [9.17, 15) is 4.79 Å². The number of hydrogen-bond donors (Lipinski definition) is 2. The number of fused-ring (bicyclic) bond motifs is 1. The Morgan fingerprint density at radius 1 is 1.33 bits per heavy atom. The third-order valence-electron chi connectivity index (χ3n) is 4.08. The minimum atomic E-state index is -0.309. The molecule has 1 aromatic rings. The molecule has 0 bridgehead atoms. The van der Waals surface area contributed by atoms with Crippen LogP contribution in [0.15, 0.2) is 12.1 Å². The summed E-state index contributed by atoms with van der Waals surface area (Å²) in [4.78, 5) is 11.6. The van der Waals surface area contributed by atoms with Gasteiger partial charge in [-0.25, -0.2) is 0 Å². The van der Waals surface area contributed by atoms with Gasteiger partial charge >= 0.3 is 0 Å². The van der Waals surface area contributed by atoms with Crippen molar-refractivity contribution in [3.05, 3.63) is 23.3 Å². The van der Waals surface area contributed by atoms with Crippen molar-refractivity contribution in [3.63, 3.8) is 0 Å². The van der Waals surface area contributed by atoms with E-state index in [0.29, 0.717) is 6.42 Å². The van der Waals surface area contributed by atoms with Gasteiger partial charge < -0.3 is 15.8 Å². The number of carbonyl (C=O) groups is 1. The van der Waals surface area contributed by atoms with Crippen LogP contribution >= 0.6 is 0 Å². The second-order valence-corrected chi connectivity index (χ2v) is 5.30. The predicted octanol–water partition coefficient (Wildman–Crippen LogP) is 1.92. The lowest BCUT2D eigenvalue weighted by molar-refractivity contribution is -0.115. The molecule has 0 radical (unpaired) electrons. The summed E-state index contributed by atoms with van der Waals surface area (Å²) in [5.74, 6) is 0.832. The maximum Gasteiger partial charge on any atom is 0.228 e. The third kappa shape index (κ3) is 1.68. The SMILES string of the molecule is COc1cc2c(c(C3(N)CCCC3)c1)NC(=O)C2. The number of nitrogens with two attached hydrogens (primary N) is 1. The molecule has 1 saturated carbocycles. The first kappa shape index (κ1) is 11.5. The number of nitrogens with one attached hydrogen (secondary N) is 1. The molecule has 1 aliphatic carbocycles. The Hall–Kier alpha value is -1.55. The number of benzene rings is 1. The largest absolute Gasteiger partial charge is 0.497 e. The lowest BCUT2D eigenvalue weighted by Gasteiger charge is -2.27. The molecule has 0 spiro atoms. The van der Waals surface area contributed by atoms with E-state index in [2.05, 4.69) is 5.32 Å². The molecule has 3 rings (SSSR count). The van der Waals surface area contributed by atoms with Crippen LogP contribution in [-0.4, -0.2) is 13.0 Å². The van der Waals surface area contributed by atoms with Crippen LogP contribution in [0.25, 0.3) is 0 Å². The Morgan fingerprint density at radius 2 is 2.06 bits per heavy atom. The van der Waals surface area contributed by atoms with Gasteiger partial charge in [-0.2, -0.15) is 0 Å². The summed E-state index contributed by atoms with van der Waals surface area (Å²) < 4.78 is 5.33. The Kier molecular flexibility index (Phi) is 2.55. The van der Waals surface area contributed by atoms with Gasteiger partial charge in [-0.1, -0.05) is 12.8 Å². The van der Waals surface area contributed by atoms with Crippen LogP contribution in [0.2, 0.25) is 0 Å². The van der Waals surface area contributed by atoms with E-state index in [0.717, 1.165) is 48.2 Å². The van der Waals surface area contributed by atoms with Crippen molar-refractivity contribution >= 4 is 11.6 Å². The minimum absolute atomic E-state index is 0.0427. The molecule has 2 aliphatic rings. The summed E-state index contributed by atoms with van der Waals surface area (Å²) in [7, 11) is 1.65. The van der Waals surface area contributed by atoms with Crippen LogP contribution in [0.3, 0.4) is 0 Å². The van der Waals surface area contributed by atoms with E-state index in [4.69, 9.17) is 10.5 Å². The second kappa shape index (κ2) is 3.99. The average molecular weight is 246 g/mol. The summed E-state index contributed by atoms with van der Waals surface area (Å²) >= 11 is 0. The highest BCUT2D eigenvalue weighted by atomic mass is 16.5. The third-order valence-corrected chi connectivity index (χ3v) is 4.08. The van der Waals surface area contributed by atoms with E-state index >= 15 is 0 Å². The van der Waals surface area contributed by atoms with Crippen molar-refractivity contribution in [2.24, 2.45) is 5.73 Å². The van der Waals surface area contributed by atoms with Crippen molar-refractivity contribution in [2.75, 3.05) is 12.4 Å². The van der Waals surface area contributed by atoms with Crippen LogP contribution in [0.4, 0.5) is 5.69 Å². The molecule has 1 fully saturated rings. The number of anilines is 1. The number of amides is 1. The number of hydrogen-bond acceptors (Lipinski definition) is 3. The molecule has 18 heavy (non-hydrogen) atoms. The van der Waals surface area contributed by atoms with Crippen molar-refractivity contribution in [3.8, 4) is 5.75 Å². The Labute approximate surface area is 107 Å². The van der Waals surface area contributed by atoms with Crippen molar-refractivity contribution in [1.82, 2.24) is 0 Å². The molecule has 3 N–H and O–H groups in total. The van der Waals surface area contributed by atoms with E-state index in [1.807, 2.05) is 12.1 Å². The van der Waals surface area contributed by atoms with E-state index in [1.54, 1.807) is 7.11 Å². The number of rotatable bonds is 2. The maximum absolute atomic E-state index is 11.6. The molecule has 4 heteroatoms. The highest BCUT2D eigenvalue weighted by Gasteiger charge is 2.36. The summed E-state index contributed by atoms with van der Waals surface area (Å²) in [6.45, 7) is 0. The smallest absolute Gasteiger partial charge is 0.228 e. The lowest BCUT2D eigenvalue weighted by atomic mass is 9.86. The molecule has 0 aromatic heterocycles. The molecule has 1 amide bonds. The van der Waals surface area contributed by atoms with E-state index < -0.39 is 0 Å². The number of ether oxygens (including phenoxy) is 1. The minimum Gasteiger partial charge on any atom is -0.497 e. The molecule has 0 saturated heterocycles. The highest BCUT2D eigenvalue weighted by molar-refractivity contribution is 6.00. The average Bonchev–Trinajstić information content (AvgIpc) is 2.93. The van der Waals surface area contributed by atoms with Crippen LogP contribution in [-0.2, 0) is 16.8 Å². The van der Waals surface area contributed by atoms with Gasteiger partial charge in [-0.3, -0.25) is 4.79 Å². The lowest BCUT2D eigenvalue weighted by Crippen LogP contribution is -2.34. The molecule has 0 atom stereocenters. The van der Waals surface area contributed by atoms with Crippen LogP contribution in [0.1, 0.15) is 36.8 Å². The Balaban J connectivity index is 2.13. The zero-order chi connectivity index (χ0) is 12.8. The molecule has 96 valence electrons. The number of carbonyl (C=O) groups excluding carboxylic acids is 1. The molecule has 1 aromatic carbocycles. The molecule has 0 unspecified atom stereocenters. The van der Waals surface area contributed by atoms with Gasteiger partial charge in [0.05, 0.1) is 13.5 Å². The second-order valence-electron chi connectivity index (χ2n) is 5.30. The molecular weight excluding hydrogens is 228 g/mol. The van der Waals surface area contributed by atoms with Crippen molar-refractivity contribution in [2.45, 2.75) is 37.6 Å². The summed E-state index contributed by atoms with van der Waals surface area (Å²) in [6.07, 6.45) is 4.67. The maximum atomic E-state index is 11.6. The summed E-state index contributed by atoms with van der Waals surface area (Å²) in [5.41, 5.74) is 9.18. The van der Waals surface area contributed by atoms with Gasteiger partial charge in [-0.05, 0) is 36.1 Å². The first-order chi connectivity index (χ1) is 8.62. The van der Waals surface area contributed by atoms with Crippen LogP contribution < -0.4 is 15.8 Å². The predicted molar refractivity (Wildman–Crippen MR) is 69.7 cm³/mol. The fourth-order valence-corrected chi connectivity index (χ4v) is 3.10. The fourth-order valence-electron chi connectivity index (χ4n) is 3.10. The summed E-state index contributed by atoms with van der Waals surface area (Å²) in [5, 5.41) is 2.94. The molecule has 1 aliphatic heterocycles. The van der Waals surface area contributed by atoms with Gasteiger partial charge in [-0.15, -0.1) is 0 Å². The van der Waals surface area contributed by atoms with Crippen LogP contribution in [0, 0.1) is 0 Å². The monoisotopic (exact) mass is 246 g/mol. The van der Waals surface area contributed by atoms with Gasteiger partial charge in [0.15, 0.2) is 0 Å². The molecule has 1 heterocycles. The van der Waals surface area contributed by atoms with Gasteiger partial charge in [0.25, 0.3) is 0 Å². The van der Waals surface area contributed by atoms with Crippen molar-refractivity contribution < 1.29 is 9.53 Å². The highest BCUT2D eigenvalue weighted by Crippen LogP contribution is 2.44. The standard InChI is InChI=1S/C14H18N2O2/c1-18-10-6-9-7-12(17)16-13(9)11(8-10)14(15)4-2-3-5-14/h6,8H,2-5,7,15H2,1H3,(H,16,17). The molecular formula is C14H18N2O2. The number of methoxy groups -OCH3 is 1. The zero-order valence-corrected chi connectivity index (χ0v) is 10.6. The molecule has 4 nitrogen and oxygen atoms in total.